The van der Waals surface area contributed by atoms with Gasteiger partial charge in [-0.15, -0.1) is 0 Å². The number of benzene rings is 1. The van der Waals surface area contributed by atoms with Gasteiger partial charge < -0.3 is 9.72 Å². The monoisotopic (exact) mass is 332 g/mol. The van der Waals surface area contributed by atoms with Gasteiger partial charge in [-0.05, 0) is 32.0 Å². The predicted molar refractivity (Wildman–Crippen MR) is 86.0 cm³/mol. The molecule has 1 aromatic carbocycles. The number of aromatic nitrogens is 2. The van der Waals surface area contributed by atoms with E-state index in [0.29, 0.717) is 10.9 Å². The van der Waals surface area contributed by atoms with Crippen LogP contribution in [0.3, 0.4) is 0 Å². The summed E-state index contributed by atoms with van der Waals surface area (Å²) in [5, 5.41) is 0.628. The molecule has 3 rings (SSSR count). The zero-order valence-corrected chi connectivity index (χ0v) is 13.6. The third kappa shape index (κ3) is 2.53. The van der Waals surface area contributed by atoms with Crippen molar-refractivity contribution in [3.8, 4) is 0 Å². The number of nitrogens with zero attached hydrogens (tertiary/aromatic N) is 1. The highest BCUT2D eigenvalue weighted by Gasteiger charge is 2.27. The number of aryl methyl sites for hydroxylation is 1. The van der Waals surface area contributed by atoms with Crippen molar-refractivity contribution in [2.45, 2.75) is 18.7 Å². The van der Waals surface area contributed by atoms with Gasteiger partial charge in [0, 0.05) is 17.8 Å². The quantitative estimate of drug-likeness (QED) is 0.745. The number of nitrogens with one attached hydrogen (secondary N) is 1. The molecule has 0 amide bonds. The Morgan fingerprint density at radius 2 is 1.91 bits per heavy atom. The molecule has 0 aliphatic rings. The van der Waals surface area contributed by atoms with Crippen molar-refractivity contribution in [3.63, 3.8) is 0 Å². The smallest absolute Gasteiger partial charge is 0.356 e. The number of H-pyrrole nitrogens is 1. The number of esters is 1. The van der Waals surface area contributed by atoms with Crippen molar-refractivity contribution >= 4 is 26.9 Å². The second-order valence-corrected chi connectivity index (χ2v) is 6.92. The molecule has 1 N–H and O–H groups in total. The molecule has 120 valence electrons. The number of carbonyl (C=O) groups excluding carboxylic acids is 1. The number of hydrogen-bond acceptors (Lipinski definition) is 4. The van der Waals surface area contributed by atoms with Crippen LogP contribution < -0.4 is 0 Å². The maximum atomic E-state index is 13.0. The Morgan fingerprint density at radius 3 is 2.57 bits per heavy atom. The van der Waals surface area contributed by atoms with Gasteiger partial charge in [0.05, 0.1) is 17.0 Å². The molecule has 2 aromatic heterocycles. The van der Waals surface area contributed by atoms with Gasteiger partial charge >= 0.3 is 5.97 Å². The highest BCUT2D eigenvalue weighted by Crippen LogP contribution is 2.26. The number of ether oxygens (including phenoxy) is 1. The van der Waals surface area contributed by atoms with Crippen molar-refractivity contribution in [3.05, 3.63) is 54.0 Å². The Kier molecular flexibility index (Phi) is 3.73. The molecular weight excluding hydrogens is 316 g/mol. The van der Waals surface area contributed by atoms with Crippen molar-refractivity contribution in [1.29, 1.82) is 0 Å². The molecule has 0 saturated heterocycles. The first kappa shape index (κ1) is 15.4. The molecule has 3 aromatic rings. The summed E-state index contributed by atoms with van der Waals surface area (Å²) >= 11 is 0. The fourth-order valence-corrected chi connectivity index (χ4v) is 3.91. The fraction of sp³-hybridized carbons (Fsp3) is 0.188. The first-order chi connectivity index (χ1) is 10.9. The second kappa shape index (κ2) is 5.58. The third-order valence-electron chi connectivity index (χ3n) is 3.53. The first-order valence-electron chi connectivity index (χ1n) is 7.12. The van der Waals surface area contributed by atoms with E-state index in [-0.39, 0.29) is 17.2 Å². The second-order valence-electron chi connectivity index (χ2n) is 5.13. The standard InChI is InChI=1S/C16H16N2O4S/c1-3-22-16(19)14-8-12-9-17-10-15(12)18(14)23(20,21)13-6-4-11(2)5-7-13/h4-10,17H,3H2,1-2H3. The maximum absolute atomic E-state index is 13.0. The van der Waals surface area contributed by atoms with E-state index in [4.69, 9.17) is 4.74 Å². The minimum Gasteiger partial charge on any atom is -0.461 e. The van der Waals surface area contributed by atoms with Crippen LogP contribution in [0.15, 0.2) is 47.6 Å². The molecule has 0 atom stereocenters. The molecular formula is C16H16N2O4S. The number of aromatic amines is 1. The number of hydrogen-bond donors (Lipinski definition) is 1. The Bertz CT molecular complexity index is 965. The molecule has 2 heterocycles. The zero-order valence-electron chi connectivity index (χ0n) is 12.7. The summed E-state index contributed by atoms with van der Waals surface area (Å²) in [4.78, 5) is 15.1. The van der Waals surface area contributed by atoms with E-state index in [0.717, 1.165) is 9.54 Å². The summed E-state index contributed by atoms with van der Waals surface area (Å²) in [5.74, 6) is -0.667. The van der Waals surface area contributed by atoms with Crippen LogP contribution in [-0.2, 0) is 14.8 Å². The summed E-state index contributed by atoms with van der Waals surface area (Å²) < 4.78 is 32.0. The van der Waals surface area contributed by atoms with Crippen molar-refractivity contribution in [1.82, 2.24) is 8.96 Å². The molecule has 0 unspecified atom stereocenters. The normalized spacial score (nSPS) is 11.7. The van der Waals surface area contributed by atoms with Crippen molar-refractivity contribution < 1.29 is 17.9 Å². The van der Waals surface area contributed by atoms with Gasteiger partial charge in [-0.1, -0.05) is 17.7 Å². The summed E-state index contributed by atoms with van der Waals surface area (Å²) in [5.41, 5.74) is 1.36. The van der Waals surface area contributed by atoms with Crippen LogP contribution in [0.1, 0.15) is 23.0 Å². The van der Waals surface area contributed by atoms with Crippen LogP contribution in [0.5, 0.6) is 0 Å². The molecule has 0 aliphatic carbocycles. The molecule has 0 bridgehead atoms. The number of fused-ring (bicyclic) bond motifs is 1. The fourth-order valence-electron chi connectivity index (χ4n) is 2.42. The first-order valence-corrected chi connectivity index (χ1v) is 8.56. The van der Waals surface area contributed by atoms with Gasteiger partial charge in [0.25, 0.3) is 10.0 Å². The zero-order chi connectivity index (χ0) is 16.6. The van der Waals surface area contributed by atoms with Gasteiger partial charge in [0.2, 0.25) is 0 Å². The largest absolute Gasteiger partial charge is 0.461 e. The van der Waals surface area contributed by atoms with Crippen LogP contribution in [0.2, 0.25) is 0 Å². The van der Waals surface area contributed by atoms with E-state index in [1.54, 1.807) is 31.5 Å². The van der Waals surface area contributed by atoms with Crippen LogP contribution in [0.25, 0.3) is 10.9 Å². The lowest BCUT2D eigenvalue weighted by atomic mass is 10.2. The van der Waals surface area contributed by atoms with E-state index in [1.165, 1.54) is 18.2 Å². The van der Waals surface area contributed by atoms with Gasteiger partial charge in [0.15, 0.2) is 0 Å². The topological polar surface area (TPSA) is 81.2 Å². The Balaban J connectivity index is 2.24. The van der Waals surface area contributed by atoms with Crippen molar-refractivity contribution in [2.24, 2.45) is 0 Å². The maximum Gasteiger partial charge on any atom is 0.356 e. The van der Waals surface area contributed by atoms with E-state index < -0.39 is 16.0 Å². The van der Waals surface area contributed by atoms with Gasteiger partial charge in [-0.25, -0.2) is 17.2 Å². The highest BCUT2D eigenvalue weighted by atomic mass is 32.2. The molecule has 0 fully saturated rings. The molecule has 0 radical (unpaired) electrons. The average molecular weight is 332 g/mol. The Hall–Kier alpha value is -2.54. The average Bonchev–Trinajstić information content (AvgIpc) is 3.08. The molecule has 23 heavy (non-hydrogen) atoms. The molecule has 7 heteroatoms. The van der Waals surface area contributed by atoms with Gasteiger partial charge in [-0.3, -0.25) is 0 Å². The van der Waals surface area contributed by atoms with E-state index in [9.17, 15) is 13.2 Å². The Morgan fingerprint density at radius 1 is 1.22 bits per heavy atom. The van der Waals surface area contributed by atoms with E-state index >= 15 is 0 Å². The van der Waals surface area contributed by atoms with Crippen molar-refractivity contribution in [2.75, 3.05) is 6.61 Å². The molecule has 0 aliphatic heterocycles. The summed E-state index contributed by atoms with van der Waals surface area (Å²) in [7, 11) is -3.91. The predicted octanol–water partition coefficient (Wildman–Crippen LogP) is 2.69. The lowest BCUT2D eigenvalue weighted by Crippen LogP contribution is -2.19. The van der Waals surface area contributed by atoms with Gasteiger partial charge in [-0.2, -0.15) is 0 Å². The minimum absolute atomic E-state index is 0.00794. The summed E-state index contributed by atoms with van der Waals surface area (Å²) in [6, 6.07) is 8.00. The Labute approximate surface area is 133 Å². The molecule has 0 spiro atoms. The molecule has 0 saturated carbocycles. The number of rotatable bonds is 4. The van der Waals surface area contributed by atoms with Crippen LogP contribution >= 0.6 is 0 Å². The van der Waals surface area contributed by atoms with E-state index in [2.05, 4.69) is 4.98 Å². The highest BCUT2D eigenvalue weighted by molar-refractivity contribution is 7.90. The van der Waals surface area contributed by atoms with Crippen LogP contribution in [-0.4, -0.2) is 30.0 Å². The summed E-state index contributed by atoms with van der Waals surface area (Å²) in [6.45, 7) is 3.72. The SMILES string of the molecule is CCOC(=O)c1cc2c[nH]cc2n1S(=O)(=O)c1ccc(C)cc1. The minimum atomic E-state index is -3.91. The molecule has 6 nitrogen and oxygen atoms in total. The van der Waals surface area contributed by atoms with Crippen LogP contribution in [0.4, 0.5) is 0 Å². The summed E-state index contributed by atoms with van der Waals surface area (Å²) in [6.07, 6.45) is 3.18. The third-order valence-corrected chi connectivity index (χ3v) is 5.27. The van der Waals surface area contributed by atoms with E-state index in [1.807, 2.05) is 6.92 Å². The lowest BCUT2D eigenvalue weighted by Gasteiger charge is -2.11. The number of carbonyl (C=O) groups is 1. The lowest BCUT2D eigenvalue weighted by molar-refractivity contribution is 0.0518. The van der Waals surface area contributed by atoms with Crippen LogP contribution in [0, 0.1) is 6.92 Å². The van der Waals surface area contributed by atoms with Gasteiger partial charge in [0.1, 0.15) is 5.69 Å².